The van der Waals surface area contributed by atoms with Crippen molar-refractivity contribution in [3.63, 3.8) is 0 Å². The highest BCUT2D eigenvalue weighted by atomic mass is 35.5. The number of amides is 2. The van der Waals surface area contributed by atoms with Crippen molar-refractivity contribution in [1.29, 1.82) is 0 Å². The Bertz CT molecular complexity index is 1210. The average molecular weight is 508 g/mol. The van der Waals surface area contributed by atoms with E-state index in [1.165, 1.54) is 6.08 Å². The second-order valence-electron chi connectivity index (χ2n) is 10.8. The van der Waals surface area contributed by atoms with Gasteiger partial charge in [0, 0.05) is 36.2 Å². The van der Waals surface area contributed by atoms with Crippen LogP contribution in [0.2, 0.25) is 5.02 Å². The zero-order valence-electron chi connectivity index (χ0n) is 21.3. The van der Waals surface area contributed by atoms with Gasteiger partial charge in [0.15, 0.2) is 0 Å². The maximum absolute atomic E-state index is 13.5. The Morgan fingerprint density at radius 1 is 1.19 bits per heavy atom. The molecule has 3 heterocycles. The number of hydrogen-bond acceptors (Lipinski definition) is 4. The highest BCUT2D eigenvalue weighted by Gasteiger charge is 2.48. The molecule has 0 saturated carbocycles. The van der Waals surface area contributed by atoms with Crippen molar-refractivity contribution in [3.8, 4) is 0 Å². The fraction of sp³-hybridized carbons (Fsp3) is 0.448. The second kappa shape index (κ2) is 9.24. The number of rotatable bonds is 6. The predicted octanol–water partition coefficient (Wildman–Crippen LogP) is 5.03. The number of hydrogen-bond donors (Lipinski definition) is 1. The van der Waals surface area contributed by atoms with Crippen LogP contribution in [-0.4, -0.2) is 49.6 Å². The number of carbonyl (C=O) groups excluding carboxylic acids is 2. The van der Waals surface area contributed by atoms with Crippen LogP contribution in [0.3, 0.4) is 0 Å². The Morgan fingerprint density at radius 3 is 2.61 bits per heavy atom. The summed E-state index contributed by atoms with van der Waals surface area (Å²) in [6.07, 6.45) is 3.30. The van der Waals surface area contributed by atoms with Crippen molar-refractivity contribution in [2.45, 2.75) is 44.6 Å². The zero-order valence-corrected chi connectivity index (χ0v) is 22.0. The highest BCUT2D eigenvalue weighted by Crippen LogP contribution is 2.45. The first-order chi connectivity index (χ1) is 17.2. The molecule has 2 amide bonds. The molecule has 0 spiro atoms. The first kappa shape index (κ1) is 24.8. The van der Waals surface area contributed by atoms with E-state index in [0.29, 0.717) is 30.6 Å². The van der Waals surface area contributed by atoms with Gasteiger partial charge >= 0.3 is 0 Å². The largest absolute Gasteiger partial charge is 0.381 e. The third-order valence-electron chi connectivity index (χ3n) is 8.10. The van der Waals surface area contributed by atoms with Crippen molar-refractivity contribution in [3.05, 3.63) is 70.8 Å². The van der Waals surface area contributed by atoms with E-state index in [1.807, 2.05) is 43.9 Å². The number of nitrogens with zero attached hydrogens (tertiary/aromatic N) is 2. The maximum atomic E-state index is 13.5. The van der Waals surface area contributed by atoms with Crippen molar-refractivity contribution >= 4 is 34.8 Å². The number of ether oxygens (including phenoxy) is 1. The van der Waals surface area contributed by atoms with E-state index < -0.39 is 11.0 Å². The molecule has 6 nitrogen and oxygen atoms in total. The van der Waals surface area contributed by atoms with Gasteiger partial charge in [-0.05, 0) is 80.5 Å². The average Bonchev–Trinajstić information content (AvgIpc) is 3.03. The Balaban J connectivity index is 1.49. The van der Waals surface area contributed by atoms with E-state index in [1.54, 1.807) is 4.90 Å². The van der Waals surface area contributed by atoms with Gasteiger partial charge in [-0.2, -0.15) is 0 Å². The molecule has 3 aliphatic rings. The molecule has 0 aliphatic carbocycles. The first-order valence-electron chi connectivity index (χ1n) is 12.7. The molecular weight excluding hydrogens is 474 g/mol. The fourth-order valence-electron chi connectivity index (χ4n) is 5.90. The van der Waals surface area contributed by atoms with Crippen LogP contribution in [-0.2, 0) is 25.3 Å². The molecule has 0 unspecified atom stereocenters. The molecule has 2 fully saturated rings. The normalized spacial score (nSPS) is 20.6. The molecule has 0 aromatic heterocycles. The summed E-state index contributed by atoms with van der Waals surface area (Å²) in [5.74, 6) is 0.496. The van der Waals surface area contributed by atoms with E-state index in [9.17, 15) is 9.59 Å². The van der Waals surface area contributed by atoms with Gasteiger partial charge < -0.3 is 19.9 Å². The summed E-state index contributed by atoms with van der Waals surface area (Å²) in [6, 6.07) is 12.1. The lowest BCUT2D eigenvalue weighted by Gasteiger charge is -2.51. The maximum Gasteiger partial charge on any atom is 0.246 e. The lowest BCUT2D eigenvalue weighted by molar-refractivity contribution is -0.132. The summed E-state index contributed by atoms with van der Waals surface area (Å²) in [4.78, 5) is 29.5. The Hall–Kier alpha value is -2.83. The molecule has 2 aromatic rings. The van der Waals surface area contributed by atoms with E-state index in [0.717, 1.165) is 54.1 Å². The van der Waals surface area contributed by atoms with Crippen LogP contribution in [0.15, 0.2) is 49.1 Å². The fourth-order valence-corrected chi connectivity index (χ4v) is 6.08. The molecule has 0 radical (unpaired) electrons. The molecular formula is C29H34ClN3O3. The Morgan fingerprint density at radius 2 is 1.92 bits per heavy atom. The van der Waals surface area contributed by atoms with Crippen LogP contribution < -0.4 is 10.2 Å². The van der Waals surface area contributed by atoms with Crippen molar-refractivity contribution < 1.29 is 14.3 Å². The third kappa shape index (κ3) is 4.10. The summed E-state index contributed by atoms with van der Waals surface area (Å²) in [5, 5.41) is 4.44. The monoisotopic (exact) mass is 507 g/mol. The van der Waals surface area contributed by atoms with Gasteiger partial charge in [0.1, 0.15) is 0 Å². The number of fused-ring (bicyclic) bond motifs is 1. The van der Waals surface area contributed by atoms with Gasteiger partial charge in [-0.3, -0.25) is 9.59 Å². The highest BCUT2D eigenvalue weighted by molar-refractivity contribution is 6.31. The molecule has 7 heteroatoms. The molecule has 190 valence electrons. The predicted molar refractivity (Wildman–Crippen MR) is 144 cm³/mol. The molecule has 0 atom stereocenters. The standard InChI is InChI=1S/C29H34ClN3O3/c1-5-26(34)32-17-29(18-32,22-7-6-8-24(30)19(22)2)31-21-9-10-23-25(15-21)33(27(35)28(23,3)4)16-20-11-13-36-14-12-20/h5-10,15,20,31H,1,11-14,16-18H2,2-4H3. The molecule has 3 aliphatic heterocycles. The lowest BCUT2D eigenvalue weighted by atomic mass is 9.79. The van der Waals surface area contributed by atoms with Gasteiger partial charge in [0.25, 0.3) is 0 Å². The minimum absolute atomic E-state index is 0.0870. The summed E-state index contributed by atoms with van der Waals surface area (Å²) in [6.45, 7) is 12.9. The smallest absolute Gasteiger partial charge is 0.246 e. The summed E-state index contributed by atoms with van der Waals surface area (Å²) in [5.41, 5.74) is 3.96. The Kier molecular flexibility index (Phi) is 6.38. The first-order valence-corrected chi connectivity index (χ1v) is 13.0. The van der Waals surface area contributed by atoms with Crippen molar-refractivity contribution in [2.75, 3.05) is 43.1 Å². The molecule has 1 N–H and O–H groups in total. The van der Waals surface area contributed by atoms with Crippen LogP contribution in [0.5, 0.6) is 0 Å². The molecule has 2 aromatic carbocycles. The molecule has 0 bridgehead atoms. The van der Waals surface area contributed by atoms with Crippen LogP contribution >= 0.6 is 11.6 Å². The number of benzene rings is 2. The topological polar surface area (TPSA) is 61.9 Å². The van der Waals surface area contributed by atoms with Crippen LogP contribution in [0.1, 0.15) is 43.4 Å². The van der Waals surface area contributed by atoms with Gasteiger partial charge in [-0.15, -0.1) is 0 Å². The number of anilines is 2. The van der Waals surface area contributed by atoms with Crippen LogP contribution in [0.25, 0.3) is 0 Å². The minimum Gasteiger partial charge on any atom is -0.381 e. The SMILES string of the molecule is C=CC(=O)N1CC(Nc2ccc3c(c2)N(CC2CCOCC2)C(=O)C3(C)C)(c2cccc(Cl)c2C)C1. The molecule has 36 heavy (non-hydrogen) atoms. The number of likely N-dealkylation sites (tertiary alicyclic amines) is 1. The number of nitrogens with one attached hydrogen (secondary N) is 1. The van der Waals surface area contributed by atoms with Crippen molar-refractivity contribution in [2.24, 2.45) is 5.92 Å². The van der Waals surface area contributed by atoms with E-state index in [2.05, 4.69) is 30.1 Å². The summed E-state index contributed by atoms with van der Waals surface area (Å²) < 4.78 is 5.53. The van der Waals surface area contributed by atoms with Gasteiger partial charge in [-0.1, -0.05) is 36.4 Å². The third-order valence-corrected chi connectivity index (χ3v) is 8.51. The van der Waals surface area contributed by atoms with Crippen LogP contribution in [0, 0.1) is 12.8 Å². The number of halogens is 1. The van der Waals surface area contributed by atoms with Gasteiger partial charge in [0.05, 0.1) is 24.0 Å². The lowest BCUT2D eigenvalue weighted by Crippen LogP contribution is -2.65. The second-order valence-corrected chi connectivity index (χ2v) is 11.3. The van der Waals surface area contributed by atoms with Gasteiger partial charge in [0.2, 0.25) is 11.8 Å². The summed E-state index contributed by atoms with van der Waals surface area (Å²) >= 11 is 6.49. The Labute approximate surface area is 218 Å². The molecule has 2 saturated heterocycles. The zero-order chi connectivity index (χ0) is 25.7. The summed E-state index contributed by atoms with van der Waals surface area (Å²) in [7, 11) is 0. The quantitative estimate of drug-likeness (QED) is 0.557. The van der Waals surface area contributed by atoms with E-state index in [-0.39, 0.29) is 11.8 Å². The van der Waals surface area contributed by atoms with Gasteiger partial charge in [-0.25, -0.2) is 0 Å². The number of carbonyl (C=O) groups is 2. The van der Waals surface area contributed by atoms with Crippen LogP contribution in [0.4, 0.5) is 11.4 Å². The molecule has 5 rings (SSSR count). The van der Waals surface area contributed by atoms with E-state index in [4.69, 9.17) is 16.3 Å². The van der Waals surface area contributed by atoms with E-state index >= 15 is 0 Å². The van der Waals surface area contributed by atoms with Crippen molar-refractivity contribution in [1.82, 2.24) is 4.90 Å². The minimum atomic E-state index is -0.566.